The highest BCUT2D eigenvalue weighted by atomic mass is 15.2. The van der Waals surface area contributed by atoms with Gasteiger partial charge >= 0.3 is 0 Å². The molecule has 0 saturated carbocycles. The van der Waals surface area contributed by atoms with Gasteiger partial charge in [0.25, 0.3) is 0 Å². The van der Waals surface area contributed by atoms with Gasteiger partial charge in [0.05, 0.1) is 11.6 Å². The first-order valence-electron chi connectivity index (χ1n) is 6.09. The third-order valence-electron chi connectivity index (χ3n) is 2.55. The van der Waals surface area contributed by atoms with E-state index in [1.165, 1.54) is 0 Å². The van der Waals surface area contributed by atoms with Crippen molar-refractivity contribution < 1.29 is 0 Å². The summed E-state index contributed by atoms with van der Waals surface area (Å²) >= 11 is 0. The second-order valence-electron chi connectivity index (χ2n) is 5.11. The molecule has 0 fully saturated rings. The lowest BCUT2D eigenvalue weighted by Crippen LogP contribution is -2.35. The largest absolute Gasteiger partial charge is 0.354 e. The minimum absolute atomic E-state index is 0.387. The monoisotopic (exact) mass is 231 g/mol. The second-order valence-corrected chi connectivity index (χ2v) is 5.11. The van der Waals surface area contributed by atoms with Crippen molar-refractivity contribution >= 4 is 5.82 Å². The first kappa shape index (κ1) is 13.5. The number of anilines is 1. The quantitative estimate of drug-likeness (QED) is 0.799. The molecule has 0 aliphatic carbocycles. The summed E-state index contributed by atoms with van der Waals surface area (Å²) in [7, 11) is 0. The Hall–Kier alpha value is -1.56. The van der Waals surface area contributed by atoms with Crippen LogP contribution in [0.1, 0.15) is 39.0 Å². The van der Waals surface area contributed by atoms with E-state index < -0.39 is 0 Å². The lowest BCUT2D eigenvalue weighted by atomic mass is 10.1. The molecule has 0 saturated heterocycles. The number of hydrogen-bond donors (Lipinski definition) is 0. The van der Waals surface area contributed by atoms with Crippen LogP contribution < -0.4 is 4.90 Å². The smallest absolute Gasteiger partial charge is 0.130 e. The highest BCUT2D eigenvalue weighted by Gasteiger charge is 2.14. The molecule has 1 rings (SSSR count). The molecule has 0 amide bonds. The van der Waals surface area contributed by atoms with Crippen molar-refractivity contribution in [3.05, 3.63) is 23.4 Å². The molecule has 3 heteroatoms. The molecular weight excluding hydrogens is 210 g/mol. The summed E-state index contributed by atoms with van der Waals surface area (Å²) in [5.41, 5.74) is 1.58. The molecule has 1 aromatic rings. The Bertz CT molecular complexity index is 416. The van der Waals surface area contributed by atoms with Gasteiger partial charge in [0.1, 0.15) is 5.82 Å². The van der Waals surface area contributed by atoms with Crippen LogP contribution in [0.15, 0.2) is 12.1 Å². The van der Waals surface area contributed by atoms with Crippen LogP contribution in [-0.2, 0) is 0 Å². The van der Waals surface area contributed by atoms with Crippen LogP contribution in [0.4, 0.5) is 5.82 Å². The summed E-state index contributed by atoms with van der Waals surface area (Å²) in [5.74, 6) is 1.48. The standard InChI is InChI=1S/C14H21N3/c1-10(2)9-17(11(3)4)14-7-13(8-15)6-12(5)16-14/h6-7,10-11H,9H2,1-5H3. The van der Waals surface area contributed by atoms with Crippen LogP contribution in [0.25, 0.3) is 0 Å². The molecule has 3 nitrogen and oxygen atoms in total. The Morgan fingerprint density at radius 2 is 1.94 bits per heavy atom. The minimum atomic E-state index is 0.387. The van der Waals surface area contributed by atoms with Crippen LogP contribution >= 0.6 is 0 Å². The van der Waals surface area contributed by atoms with Gasteiger partial charge in [0, 0.05) is 18.3 Å². The van der Waals surface area contributed by atoms with E-state index in [9.17, 15) is 0 Å². The van der Waals surface area contributed by atoms with E-state index in [1.807, 2.05) is 19.1 Å². The van der Waals surface area contributed by atoms with Crippen molar-refractivity contribution in [1.29, 1.82) is 5.26 Å². The van der Waals surface area contributed by atoms with E-state index in [0.29, 0.717) is 17.5 Å². The number of rotatable bonds is 4. The zero-order valence-electron chi connectivity index (χ0n) is 11.4. The number of nitrogens with zero attached hydrogens (tertiary/aromatic N) is 3. The van der Waals surface area contributed by atoms with E-state index in [2.05, 4.69) is 43.6 Å². The number of pyridine rings is 1. The maximum Gasteiger partial charge on any atom is 0.130 e. The molecule has 0 spiro atoms. The number of hydrogen-bond acceptors (Lipinski definition) is 3. The van der Waals surface area contributed by atoms with Gasteiger partial charge in [-0.1, -0.05) is 13.8 Å². The fourth-order valence-corrected chi connectivity index (χ4v) is 1.82. The van der Waals surface area contributed by atoms with Crippen molar-refractivity contribution in [2.75, 3.05) is 11.4 Å². The molecule has 0 aliphatic heterocycles. The summed E-state index contributed by atoms with van der Waals surface area (Å²) in [4.78, 5) is 6.78. The Morgan fingerprint density at radius 1 is 1.29 bits per heavy atom. The lowest BCUT2D eigenvalue weighted by molar-refractivity contribution is 0.565. The summed E-state index contributed by atoms with van der Waals surface area (Å²) < 4.78 is 0. The van der Waals surface area contributed by atoms with E-state index in [0.717, 1.165) is 18.1 Å². The molecule has 0 aliphatic rings. The maximum absolute atomic E-state index is 8.99. The first-order chi connectivity index (χ1) is 7.93. The Labute approximate surface area is 104 Å². The predicted octanol–water partition coefficient (Wildman–Crippen LogP) is 3.13. The normalized spacial score (nSPS) is 10.7. The number of nitriles is 1. The van der Waals surface area contributed by atoms with Gasteiger partial charge in [-0.2, -0.15) is 5.26 Å². The molecule has 0 aromatic carbocycles. The van der Waals surface area contributed by atoms with E-state index in [4.69, 9.17) is 5.26 Å². The van der Waals surface area contributed by atoms with Gasteiger partial charge in [-0.25, -0.2) is 4.98 Å². The van der Waals surface area contributed by atoms with Gasteiger partial charge in [-0.15, -0.1) is 0 Å². The van der Waals surface area contributed by atoms with Crippen molar-refractivity contribution in [1.82, 2.24) is 4.98 Å². The third-order valence-corrected chi connectivity index (χ3v) is 2.55. The minimum Gasteiger partial charge on any atom is -0.354 e. The Balaban J connectivity index is 3.10. The molecule has 92 valence electrons. The topological polar surface area (TPSA) is 39.9 Å². The van der Waals surface area contributed by atoms with Crippen LogP contribution in [0.2, 0.25) is 0 Å². The molecule has 0 atom stereocenters. The van der Waals surface area contributed by atoms with Gasteiger partial charge in [-0.05, 0) is 38.8 Å². The molecule has 0 N–H and O–H groups in total. The first-order valence-corrected chi connectivity index (χ1v) is 6.09. The predicted molar refractivity (Wildman–Crippen MR) is 71.0 cm³/mol. The molecular formula is C14H21N3. The SMILES string of the molecule is Cc1cc(C#N)cc(N(CC(C)C)C(C)C)n1. The Morgan fingerprint density at radius 3 is 2.41 bits per heavy atom. The van der Waals surface area contributed by atoms with Gasteiger partial charge in [-0.3, -0.25) is 0 Å². The number of aryl methyl sites for hydroxylation is 1. The summed E-state index contributed by atoms with van der Waals surface area (Å²) in [6.07, 6.45) is 0. The van der Waals surface area contributed by atoms with Gasteiger partial charge < -0.3 is 4.90 Å². The highest BCUT2D eigenvalue weighted by molar-refractivity contribution is 5.47. The average Bonchev–Trinajstić information content (AvgIpc) is 2.24. The van der Waals surface area contributed by atoms with Gasteiger partial charge in [0.15, 0.2) is 0 Å². The van der Waals surface area contributed by atoms with E-state index in [-0.39, 0.29) is 0 Å². The van der Waals surface area contributed by atoms with Crippen molar-refractivity contribution in [3.8, 4) is 6.07 Å². The summed E-state index contributed by atoms with van der Waals surface area (Å²) in [6.45, 7) is 11.6. The average molecular weight is 231 g/mol. The lowest BCUT2D eigenvalue weighted by Gasteiger charge is -2.30. The third kappa shape index (κ3) is 3.74. The number of aromatic nitrogens is 1. The van der Waals surface area contributed by atoms with Crippen LogP contribution in [-0.4, -0.2) is 17.6 Å². The molecule has 1 aromatic heterocycles. The Kier molecular flexibility index (Phi) is 4.51. The molecule has 0 radical (unpaired) electrons. The maximum atomic E-state index is 8.99. The van der Waals surface area contributed by atoms with Crippen molar-refractivity contribution in [2.45, 2.75) is 40.7 Å². The zero-order chi connectivity index (χ0) is 13.0. The van der Waals surface area contributed by atoms with Crippen LogP contribution in [0.3, 0.4) is 0 Å². The van der Waals surface area contributed by atoms with Crippen LogP contribution in [0, 0.1) is 24.2 Å². The highest BCUT2D eigenvalue weighted by Crippen LogP contribution is 2.18. The fraction of sp³-hybridized carbons (Fsp3) is 0.571. The second kappa shape index (κ2) is 5.67. The van der Waals surface area contributed by atoms with Gasteiger partial charge in [0.2, 0.25) is 0 Å². The van der Waals surface area contributed by atoms with Crippen molar-refractivity contribution in [3.63, 3.8) is 0 Å². The summed E-state index contributed by atoms with van der Waals surface area (Å²) in [5, 5.41) is 8.99. The van der Waals surface area contributed by atoms with E-state index in [1.54, 1.807) is 0 Å². The van der Waals surface area contributed by atoms with Crippen LogP contribution in [0.5, 0.6) is 0 Å². The molecule has 17 heavy (non-hydrogen) atoms. The molecule has 0 unspecified atom stereocenters. The fourth-order valence-electron chi connectivity index (χ4n) is 1.82. The van der Waals surface area contributed by atoms with Crippen molar-refractivity contribution in [2.24, 2.45) is 5.92 Å². The zero-order valence-corrected chi connectivity index (χ0v) is 11.4. The van der Waals surface area contributed by atoms with E-state index >= 15 is 0 Å². The molecule has 0 bridgehead atoms. The molecule has 1 heterocycles. The summed E-state index contributed by atoms with van der Waals surface area (Å²) in [6, 6.07) is 6.26.